The molecule has 1 heterocycles. The fraction of sp³-hybridized carbons (Fsp3) is 0.571. The molecule has 1 aliphatic rings. The number of rotatable bonds is 4. The van der Waals surface area contributed by atoms with Crippen molar-refractivity contribution < 1.29 is 8.42 Å². The Kier molecular flexibility index (Phi) is 4.80. The summed E-state index contributed by atoms with van der Waals surface area (Å²) >= 11 is 0. The topological polar surface area (TPSA) is 52.7 Å². The summed E-state index contributed by atoms with van der Waals surface area (Å²) in [5, 5.41) is 3.21. The number of piperazine rings is 1. The van der Waals surface area contributed by atoms with E-state index in [1.165, 1.54) is 0 Å². The SMILES string of the molecule is C[C@H]1CNCCN1S(=O)(=O)c1ccc(CN(C)C)cc1. The van der Waals surface area contributed by atoms with Crippen LogP contribution in [0.2, 0.25) is 0 Å². The summed E-state index contributed by atoms with van der Waals surface area (Å²) < 4.78 is 26.8. The van der Waals surface area contributed by atoms with Crippen molar-refractivity contribution in [1.82, 2.24) is 14.5 Å². The van der Waals surface area contributed by atoms with Gasteiger partial charge in [-0.1, -0.05) is 12.1 Å². The standard InChI is InChI=1S/C14H23N3O2S/c1-12-10-15-8-9-17(12)20(18,19)14-6-4-13(5-7-14)11-16(2)3/h4-7,12,15H,8-11H2,1-3H3/t12-/m0/s1. The van der Waals surface area contributed by atoms with Gasteiger partial charge in [0.15, 0.2) is 0 Å². The van der Waals surface area contributed by atoms with Gasteiger partial charge in [-0.05, 0) is 38.7 Å². The largest absolute Gasteiger partial charge is 0.314 e. The monoisotopic (exact) mass is 297 g/mol. The maximum Gasteiger partial charge on any atom is 0.243 e. The van der Waals surface area contributed by atoms with Crippen molar-refractivity contribution in [3.05, 3.63) is 29.8 Å². The van der Waals surface area contributed by atoms with E-state index in [9.17, 15) is 8.42 Å². The normalized spacial score (nSPS) is 21.3. The lowest BCUT2D eigenvalue weighted by Gasteiger charge is -2.32. The summed E-state index contributed by atoms with van der Waals surface area (Å²) in [6.45, 7) is 4.69. The molecular weight excluding hydrogens is 274 g/mol. The third kappa shape index (κ3) is 3.38. The Labute approximate surface area is 121 Å². The number of nitrogens with zero attached hydrogens (tertiary/aromatic N) is 2. The summed E-state index contributed by atoms with van der Waals surface area (Å²) in [6.07, 6.45) is 0. The van der Waals surface area contributed by atoms with E-state index in [0.717, 1.165) is 12.1 Å². The van der Waals surface area contributed by atoms with Crippen LogP contribution in [0, 0.1) is 0 Å². The molecule has 0 radical (unpaired) electrons. The minimum absolute atomic E-state index is 0.00444. The van der Waals surface area contributed by atoms with E-state index in [1.54, 1.807) is 16.4 Å². The molecule has 0 aromatic heterocycles. The van der Waals surface area contributed by atoms with Gasteiger partial charge in [0.25, 0.3) is 0 Å². The van der Waals surface area contributed by atoms with Gasteiger partial charge in [0.2, 0.25) is 10.0 Å². The zero-order valence-electron chi connectivity index (χ0n) is 12.3. The third-order valence-electron chi connectivity index (χ3n) is 3.47. The van der Waals surface area contributed by atoms with E-state index < -0.39 is 10.0 Å². The highest BCUT2D eigenvalue weighted by Crippen LogP contribution is 2.20. The van der Waals surface area contributed by atoms with Crippen molar-refractivity contribution in [3.8, 4) is 0 Å². The zero-order valence-corrected chi connectivity index (χ0v) is 13.2. The highest BCUT2D eigenvalue weighted by atomic mass is 32.2. The molecule has 112 valence electrons. The van der Waals surface area contributed by atoms with E-state index in [4.69, 9.17) is 0 Å². The van der Waals surface area contributed by atoms with Gasteiger partial charge in [-0.25, -0.2) is 8.42 Å². The van der Waals surface area contributed by atoms with Gasteiger partial charge in [-0.3, -0.25) is 0 Å². The minimum Gasteiger partial charge on any atom is -0.314 e. The highest BCUT2D eigenvalue weighted by Gasteiger charge is 2.30. The molecule has 1 aromatic carbocycles. The van der Waals surface area contributed by atoms with Crippen LogP contribution in [0.15, 0.2) is 29.2 Å². The predicted molar refractivity (Wildman–Crippen MR) is 80.1 cm³/mol. The van der Waals surface area contributed by atoms with Crippen LogP contribution in [0.3, 0.4) is 0 Å². The Morgan fingerprint density at radius 3 is 2.50 bits per heavy atom. The van der Waals surface area contributed by atoms with Crippen LogP contribution < -0.4 is 5.32 Å². The van der Waals surface area contributed by atoms with Gasteiger partial charge in [0, 0.05) is 32.2 Å². The van der Waals surface area contributed by atoms with E-state index in [0.29, 0.717) is 24.5 Å². The van der Waals surface area contributed by atoms with Crippen LogP contribution >= 0.6 is 0 Å². The number of benzene rings is 1. The molecule has 1 atom stereocenters. The molecular formula is C14H23N3O2S. The Bertz CT molecular complexity index is 540. The first-order valence-corrected chi connectivity index (χ1v) is 8.31. The fourth-order valence-corrected chi connectivity index (χ4v) is 4.08. The Hall–Kier alpha value is -0.950. The van der Waals surface area contributed by atoms with E-state index in [1.807, 2.05) is 33.2 Å². The third-order valence-corrected chi connectivity index (χ3v) is 5.50. The van der Waals surface area contributed by atoms with Crippen molar-refractivity contribution in [1.29, 1.82) is 0 Å². The van der Waals surface area contributed by atoms with Crippen molar-refractivity contribution in [2.45, 2.75) is 24.4 Å². The fourth-order valence-electron chi connectivity index (χ4n) is 2.45. The molecule has 5 nitrogen and oxygen atoms in total. The number of hydrogen-bond donors (Lipinski definition) is 1. The molecule has 1 aromatic rings. The highest BCUT2D eigenvalue weighted by molar-refractivity contribution is 7.89. The molecule has 0 saturated carbocycles. The van der Waals surface area contributed by atoms with Gasteiger partial charge >= 0.3 is 0 Å². The second kappa shape index (κ2) is 6.22. The summed E-state index contributed by atoms with van der Waals surface area (Å²) in [4.78, 5) is 2.44. The van der Waals surface area contributed by atoms with Gasteiger partial charge in [-0.2, -0.15) is 4.31 Å². The molecule has 0 unspecified atom stereocenters. The van der Waals surface area contributed by atoms with Crippen LogP contribution in [0.4, 0.5) is 0 Å². The van der Waals surface area contributed by atoms with E-state index >= 15 is 0 Å². The molecule has 0 bridgehead atoms. The van der Waals surface area contributed by atoms with Crippen LogP contribution in [0.1, 0.15) is 12.5 Å². The first-order valence-electron chi connectivity index (χ1n) is 6.87. The first kappa shape index (κ1) is 15.4. The molecule has 1 aliphatic heterocycles. The van der Waals surface area contributed by atoms with Crippen molar-refractivity contribution in [2.24, 2.45) is 0 Å². The van der Waals surface area contributed by atoms with Crippen LogP contribution in [-0.2, 0) is 16.6 Å². The van der Waals surface area contributed by atoms with Crippen LogP contribution in [0.25, 0.3) is 0 Å². The summed E-state index contributed by atoms with van der Waals surface area (Å²) in [6, 6.07) is 7.20. The number of nitrogens with one attached hydrogen (secondary N) is 1. The smallest absolute Gasteiger partial charge is 0.243 e. The average molecular weight is 297 g/mol. The molecule has 0 amide bonds. The Balaban J connectivity index is 2.21. The predicted octanol–water partition coefficient (Wildman–Crippen LogP) is 0.731. The summed E-state index contributed by atoms with van der Waals surface area (Å²) in [5.41, 5.74) is 1.11. The van der Waals surface area contributed by atoms with Crippen molar-refractivity contribution in [3.63, 3.8) is 0 Å². The molecule has 0 spiro atoms. The maximum absolute atomic E-state index is 12.6. The van der Waals surface area contributed by atoms with Crippen molar-refractivity contribution in [2.75, 3.05) is 33.7 Å². The zero-order chi connectivity index (χ0) is 14.8. The molecule has 1 N–H and O–H groups in total. The molecule has 0 aliphatic carbocycles. The summed E-state index contributed by atoms with van der Waals surface area (Å²) in [7, 11) is 0.610. The van der Waals surface area contributed by atoms with Gasteiger partial charge in [0.05, 0.1) is 4.90 Å². The summed E-state index contributed by atoms with van der Waals surface area (Å²) in [5.74, 6) is 0. The van der Waals surface area contributed by atoms with E-state index in [-0.39, 0.29) is 6.04 Å². The van der Waals surface area contributed by atoms with Crippen molar-refractivity contribution >= 4 is 10.0 Å². The lowest BCUT2D eigenvalue weighted by Crippen LogP contribution is -2.52. The molecule has 6 heteroatoms. The van der Waals surface area contributed by atoms with Crippen LogP contribution in [-0.4, -0.2) is 57.4 Å². The molecule has 2 rings (SSSR count). The first-order chi connectivity index (χ1) is 9.41. The Morgan fingerprint density at radius 2 is 1.95 bits per heavy atom. The quantitative estimate of drug-likeness (QED) is 0.890. The lowest BCUT2D eigenvalue weighted by atomic mass is 10.2. The second-order valence-corrected chi connectivity index (χ2v) is 7.44. The Morgan fingerprint density at radius 1 is 1.30 bits per heavy atom. The van der Waals surface area contributed by atoms with Gasteiger partial charge in [0.1, 0.15) is 0 Å². The average Bonchev–Trinajstić information content (AvgIpc) is 2.39. The molecule has 1 fully saturated rings. The number of sulfonamides is 1. The number of hydrogen-bond acceptors (Lipinski definition) is 4. The minimum atomic E-state index is -3.38. The van der Waals surface area contributed by atoms with Gasteiger partial charge in [-0.15, -0.1) is 0 Å². The second-order valence-electron chi connectivity index (χ2n) is 5.55. The maximum atomic E-state index is 12.6. The van der Waals surface area contributed by atoms with Gasteiger partial charge < -0.3 is 10.2 Å². The van der Waals surface area contributed by atoms with Crippen LogP contribution in [0.5, 0.6) is 0 Å². The van der Waals surface area contributed by atoms with E-state index in [2.05, 4.69) is 10.2 Å². The lowest BCUT2D eigenvalue weighted by molar-refractivity contribution is 0.284. The molecule has 20 heavy (non-hydrogen) atoms. The molecule has 1 saturated heterocycles.